The third-order valence-electron chi connectivity index (χ3n) is 6.15. The van der Waals surface area contributed by atoms with Gasteiger partial charge in [-0.1, -0.05) is 13.8 Å². The monoisotopic (exact) mass is 335 g/mol. The summed E-state index contributed by atoms with van der Waals surface area (Å²) in [4.78, 5) is 24.5. The summed E-state index contributed by atoms with van der Waals surface area (Å²) in [5, 5.41) is 17.1. The van der Waals surface area contributed by atoms with E-state index < -0.39 is 16.8 Å². The molecule has 134 valence electrons. The minimum atomic E-state index is -0.874. The van der Waals surface area contributed by atoms with Crippen LogP contribution in [0, 0.1) is 23.7 Å². The van der Waals surface area contributed by atoms with Crippen LogP contribution in [0.2, 0.25) is 0 Å². The number of aryl methyl sites for hydroxylation is 2. The molecule has 0 unspecified atom stereocenters. The first-order chi connectivity index (χ1) is 11.0. The Balaban J connectivity index is 2.15. The molecule has 1 aliphatic rings. The Bertz CT molecular complexity index is 650. The van der Waals surface area contributed by atoms with Crippen molar-refractivity contribution in [2.24, 2.45) is 16.7 Å². The Morgan fingerprint density at radius 3 is 2.54 bits per heavy atom. The maximum absolute atomic E-state index is 12.8. The van der Waals surface area contributed by atoms with Crippen molar-refractivity contribution in [1.29, 1.82) is 0 Å². The number of nitrogens with zero attached hydrogens (tertiary/aromatic N) is 2. The van der Waals surface area contributed by atoms with Gasteiger partial charge >= 0.3 is 5.97 Å². The first-order valence-corrected chi connectivity index (χ1v) is 8.62. The van der Waals surface area contributed by atoms with Crippen LogP contribution in [0.4, 0.5) is 0 Å². The van der Waals surface area contributed by atoms with Crippen LogP contribution >= 0.6 is 0 Å². The van der Waals surface area contributed by atoms with Crippen molar-refractivity contribution in [3.05, 3.63) is 17.5 Å². The number of nitrogens with one attached hydrogen (secondary N) is 1. The largest absolute Gasteiger partial charge is 0.481 e. The number of carboxylic acids is 1. The lowest BCUT2D eigenvalue weighted by Gasteiger charge is -2.38. The lowest BCUT2D eigenvalue weighted by Crippen LogP contribution is -2.45. The molecular weight excluding hydrogens is 306 g/mol. The highest BCUT2D eigenvalue weighted by Crippen LogP contribution is 2.56. The minimum Gasteiger partial charge on any atom is -0.481 e. The molecule has 2 rings (SSSR count). The van der Waals surface area contributed by atoms with Gasteiger partial charge in [-0.15, -0.1) is 0 Å². The topological polar surface area (TPSA) is 84.2 Å². The van der Waals surface area contributed by atoms with Crippen molar-refractivity contribution in [1.82, 2.24) is 15.1 Å². The summed E-state index contributed by atoms with van der Waals surface area (Å²) in [6, 6.07) is -0.148. The molecule has 0 spiro atoms. The van der Waals surface area contributed by atoms with Crippen LogP contribution in [-0.2, 0) is 16.1 Å². The van der Waals surface area contributed by atoms with E-state index in [1.165, 1.54) is 0 Å². The molecule has 1 heterocycles. The molecule has 6 heteroatoms. The molecule has 0 bridgehead atoms. The van der Waals surface area contributed by atoms with Crippen molar-refractivity contribution in [3.8, 4) is 0 Å². The van der Waals surface area contributed by atoms with E-state index in [-0.39, 0.29) is 17.9 Å². The zero-order chi connectivity index (χ0) is 18.3. The Labute approximate surface area is 143 Å². The van der Waals surface area contributed by atoms with E-state index in [0.717, 1.165) is 17.8 Å². The number of carbonyl (C=O) groups excluding carboxylic acids is 1. The number of hydrogen-bond donors (Lipinski definition) is 2. The Kier molecular flexibility index (Phi) is 4.79. The summed E-state index contributed by atoms with van der Waals surface area (Å²) in [7, 11) is 0. The molecule has 1 aromatic rings. The summed E-state index contributed by atoms with van der Waals surface area (Å²) >= 11 is 0. The summed E-state index contributed by atoms with van der Waals surface area (Å²) in [5.74, 6) is -1.19. The molecule has 0 radical (unpaired) electrons. The maximum Gasteiger partial charge on any atom is 0.309 e. The second kappa shape index (κ2) is 6.22. The third-order valence-corrected chi connectivity index (χ3v) is 6.15. The van der Waals surface area contributed by atoms with E-state index in [1.54, 1.807) is 6.92 Å². The quantitative estimate of drug-likeness (QED) is 0.866. The average Bonchev–Trinajstić information content (AvgIpc) is 2.98. The number of rotatable bonds is 5. The molecule has 0 aromatic carbocycles. The summed E-state index contributed by atoms with van der Waals surface area (Å²) in [6.45, 7) is 12.2. The normalized spacial score (nSPS) is 27.0. The predicted molar refractivity (Wildman–Crippen MR) is 91.4 cm³/mol. The van der Waals surface area contributed by atoms with E-state index in [9.17, 15) is 14.7 Å². The number of aromatic nitrogens is 2. The van der Waals surface area contributed by atoms with Gasteiger partial charge in [0.2, 0.25) is 5.91 Å². The zero-order valence-corrected chi connectivity index (χ0v) is 15.5. The van der Waals surface area contributed by atoms with Gasteiger partial charge in [0.25, 0.3) is 0 Å². The van der Waals surface area contributed by atoms with E-state index in [4.69, 9.17) is 0 Å². The van der Waals surface area contributed by atoms with E-state index in [1.807, 2.05) is 45.5 Å². The zero-order valence-electron chi connectivity index (χ0n) is 15.5. The molecule has 1 amide bonds. The average molecular weight is 335 g/mol. The molecule has 3 atom stereocenters. The van der Waals surface area contributed by atoms with E-state index in [2.05, 4.69) is 10.4 Å². The number of aliphatic carboxylic acids is 1. The number of carboxylic acid groups (broad SMARTS) is 1. The predicted octanol–water partition coefficient (Wildman–Crippen LogP) is 2.92. The molecule has 1 fully saturated rings. The standard InChI is InChI=1S/C18H29N3O3/c1-7-21-10-13(12(3)20-21)11(2)19-15(22)14-8-9-18(6,16(23)24)17(14,4)5/h10-11,14H,7-9H2,1-6H3,(H,19,22)(H,23,24)/t11-,14-,18+/m0/s1. The van der Waals surface area contributed by atoms with Crippen molar-refractivity contribution in [2.45, 2.75) is 67.0 Å². The number of amides is 1. The SMILES string of the molecule is CCn1cc([C@H](C)NC(=O)[C@@H]2CC[C@](C)(C(=O)O)C2(C)C)c(C)n1. The second-order valence-corrected chi connectivity index (χ2v) is 7.71. The van der Waals surface area contributed by atoms with Crippen LogP contribution in [0.1, 0.15) is 64.8 Å². The fourth-order valence-electron chi connectivity index (χ4n) is 3.85. The highest BCUT2D eigenvalue weighted by atomic mass is 16.4. The van der Waals surface area contributed by atoms with Gasteiger partial charge in [-0.2, -0.15) is 5.10 Å². The Morgan fingerprint density at radius 2 is 2.08 bits per heavy atom. The second-order valence-electron chi connectivity index (χ2n) is 7.71. The van der Waals surface area contributed by atoms with Gasteiger partial charge in [-0.3, -0.25) is 14.3 Å². The number of hydrogen-bond acceptors (Lipinski definition) is 3. The van der Waals surface area contributed by atoms with Crippen LogP contribution in [0.3, 0.4) is 0 Å². The maximum atomic E-state index is 12.8. The first kappa shape index (κ1) is 18.5. The molecule has 1 saturated carbocycles. The van der Waals surface area contributed by atoms with Gasteiger partial charge in [0, 0.05) is 24.2 Å². The molecule has 0 saturated heterocycles. The fraction of sp³-hybridized carbons (Fsp3) is 0.722. The number of carbonyl (C=O) groups is 2. The van der Waals surface area contributed by atoms with Gasteiger partial charge in [0.15, 0.2) is 0 Å². The lowest BCUT2D eigenvalue weighted by molar-refractivity contribution is -0.155. The summed E-state index contributed by atoms with van der Waals surface area (Å²) < 4.78 is 1.86. The van der Waals surface area contributed by atoms with Crippen LogP contribution in [-0.4, -0.2) is 26.8 Å². The van der Waals surface area contributed by atoms with Gasteiger partial charge in [0.1, 0.15) is 0 Å². The van der Waals surface area contributed by atoms with E-state index >= 15 is 0 Å². The van der Waals surface area contributed by atoms with E-state index in [0.29, 0.717) is 12.8 Å². The molecular formula is C18H29N3O3. The van der Waals surface area contributed by atoms with Crippen molar-refractivity contribution < 1.29 is 14.7 Å². The van der Waals surface area contributed by atoms with Crippen molar-refractivity contribution in [2.75, 3.05) is 0 Å². The van der Waals surface area contributed by atoms with Gasteiger partial charge in [-0.25, -0.2) is 0 Å². The van der Waals surface area contributed by atoms with Crippen molar-refractivity contribution in [3.63, 3.8) is 0 Å². The molecule has 6 nitrogen and oxygen atoms in total. The molecule has 1 aliphatic carbocycles. The van der Waals surface area contributed by atoms with Crippen LogP contribution in [0.25, 0.3) is 0 Å². The third kappa shape index (κ3) is 2.82. The first-order valence-electron chi connectivity index (χ1n) is 8.62. The highest BCUT2D eigenvalue weighted by molar-refractivity contribution is 5.84. The Hall–Kier alpha value is -1.85. The van der Waals surface area contributed by atoms with Crippen LogP contribution in [0.15, 0.2) is 6.20 Å². The molecule has 0 aliphatic heterocycles. The van der Waals surface area contributed by atoms with Gasteiger partial charge < -0.3 is 10.4 Å². The van der Waals surface area contributed by atoms with Gasteiger partial charge in [-0.05, 0) is 46.0 Å². The van der Waals surface area contributed by atoms with Crippen LogP contribution < -0.4 is 5.32 Å². The molecule has 1 aromatic heterocycles. The van der Waals surface area contributed by atoms with Crippen LogP contribution in [0.5, 0.6) is 0 Å². The van der Waals surface area contributed by atoms with Crippen molar-refractivity contribution >= 4 is 11.9 Å². The lowest BCUT2D eigenvalue weighted by atomic mass is 9.65. The Morgan fingerprint density at radius 1 is 1.46 bits per heavy atom. The smallest absolute Gasteiger partial charge is 0.309 e. The fourth-order valence-corrected chi connectivity index (χ4v) is 3.85. The molecule has 24 heavy (non-hydrogen) atoms. The molecule has 2 N–H and O–H groups in total. The minimum absolute atomic E-state index is 0.0684. The highest BCUT2D eigenvalue weighted by Gasteiger charge is 2.58. The van der Waals surface area contributed by atoms with Gasteiger partial charge in [0.05, 0.1) is 17.2 Å². The summed E-state index contributed by atoms with van der Waals surface area (Å²) in [6.07, 6.45) is 3.08. The summed E-state index contributed by atoms with van der Waals surface area (Å²) in [5.41, 5.74) is 0.444.